The zero-order chi connectivity index (χ0) is 9.19. The predicted octanol–water partition coefficient (Wildman–Crippen LogP) is 4.07. The molecule has 0 aromatic carbocycles. The molecule has 2 unspecified atom stereocenters. The van der Waals surface area contributed by atoms with Gasteiger partial charge in [-0.05, 0) is 31.2 Å². The zero-order valence-electron chi connectivity index (χ0n) is 8.93. The van der Waals surface area contributed by atoms with Gasteiger partial charge in [-0.2, -0.15) is 0 Å². The smallest absolute Gasteiger partial charge is 0.0474 e. The van der Waals surface area contributed by atoms with Gasteiger partial charge in [0.05, 0.1) is 0 Å². The number of rotatable bonds is 2. The Kier molecular flexibility index (Phi) is 3.16. The third kappa shape index (κ3) is 2.48. The van der Waals surface area contributed by atoms with Gasteiger partial charge < -0.3 is 0 Å². The number of allylic oxidation sites excluding steroid dienone is 2. The average Bonchev–Trinajstić information content (AvgIpc) is 2.35. The fourth-order valence-corrected chi connectivity index (χ4v) is 4.29. The van der Waals surface area contributed by atoms with E-state index in [-0.39, 0.29) is 0 Å². The summed E-state index contributed by atoms with van der Waals surface area (Å²) in [5, 5.41) is 0. The van der Waals surface area contributed by atoms with E-state index in [1.54, 1.807) is 0 Å². The minimum Gasteiger partial charge on any atom is -0.0914 e. The first-order chi connectivity index (χ1) is 5.54. The van der Waals surface area contributed by atoms with Crippen LogP contribution in [0.5, 0.6) is 0 Å². The lowest BCUT2D eigenvalue weighted by molar-refractivity contribution is 0.682. The maximum atomic E-state index is 2.51. The molecule has 1 heteroatoms. The Labute approximate surface area is 78.1 Å². The molecule has 0 spiro atoms. The van der Waals surface area contributed by atoms with Crippen molar-refractivity contribution in [1.29, 1.82) is 0 Å². The molecule has 0 N–H and O–H groups in total. The van der Waals surface area contributed by atoms with Crippen molar-refractivity contribution in [3.05, 3.63) is 12.2 Å². The summed E-state index contributed by atoms with van der Waals surface area (Å²) in [4.78, 5) is 0. The average molecular weight is 182 g/mol. The van der Waals surface area contributed by atoms with Crippen LogP contribution in [0.3, 0.4) is 0 Å². The maximum Gasteiger partial charge on any atom is 0.0474 e. The van der Waals surface area contributed by atoms with Gasteiger partial charge in [0, 0.05) is 8.07 Å². The van der Waals surface area contributed by atoms with Crippen molar-refractivity contribution >= 4 is 8.07 Å². The van der Waals surface area contributed by atoms with Gasteiger partial charge in [-0.3, -0.25) is 0 Å². The summed E-state index contributed by atoms with van der Waals surface area (Å²) in [5.41, 5.74) is 1.08. The molecule has 0 amide bonds. The molecule has 1 aliphatic carbocycles. The summed E-state index contributed by atoms with van der Waals surface area (Å²) in [6, 6.07) is 0. The van der Waals surface area contributed by atoms with Crippen LogP contribution in [0, 0.1) is 5.92 Å². The van der Waals surface area contributed by atoms with E-state index in [2.05, 4.69) is 38.7 Å². The molecule has 0 aliphatic heterocycles. The first-order valence-electron chi connectivity index (χ1n) is 5.17. The molecular weight excluding hydrogens is 160 g/mol. The topological polar surface area (TPSA) is 0 Å². The van der Waals surface area contributed by atoms with E-state index in [0.717, 1.165) is 11.5 Å². The van der Waals surface area contributed by atoms with Crippen molar-refractivity contribution in [1.82, 2.24) is 0 Å². The summed E-state index contributed by atoms with van der Waals surface area (Å²) >= 11 is 0. The van der Waals surface area contributed by atoms with Crippen LogP contribution in [-0.4, -0.2) is 8.07 Å². The van der Waals surface area contributed by atoms with Gasteiger partial charge >= 0.3 is 0 Å². The Bertz CT molecular complexity index is 164. The highest BCUT2D eigenvalue weighted by molar-refractivity contribution is 6.77. The van der Waals surface area contributed by atoms with Gasteiger partial charge in [-0.15, -0.1) is 0 Å². The standard InChI is InChI=1S/C11H22Si/c1-5-6-10-7-8-11(9-10)12(2,3)4/h5-6,10-11H,7-9H2,1-4H3. The van der Waals surface area contributed by atoms with Crippen molar-refractivity contribution in [2.75, 3.05) is 0 Å². The Morgan fingerprint density at radius 1 is 1.17 bits per heavy atom. The summed E-state index contributed by atoms with van der Waals surface area (Å²) in [7, 11) is -0.829. The van der Waals surface area contributed by atoms with Crippen LogP contribution in [0.25, 0.3) is 0 Å². The van der Waals surface area contributed by atoms with Gasteiger partial charge in [0.15, 0.2) is 0 Å². The fraction of sp³-hybridized carbons (Fsp3) is 0.818. The van der Waals surface area contributed by atoms with Gasteiger partial charge in [0.25, 0.3) is 0 Å². The first kappa shape index (κ1) is 10.0. The highest BCUT2D eigenvalue weighted by Crippen LogP contribution is 2.42. The molecule has 1 rings (SSSR count). The van der Waals surface area contributed by atoms with Gasteiger partial charge in [-0.1, -0.05) is 38.2 Å². The molecule has 12 heavy (non-hydrogen) atoms. The van der Waals surface area contributed by atoms with Crippen molar-refractivity contribution < 1.29 is 0 Å². The van der Waals surface area contributed by atoms with Crippen LogP contribution in [0.4, 0.5) is 0 Å². The number of hydrogen-bond donors (Lipinski definition) is 0. The summed E-state index contributed by atoms with van der Waals surface area (Å²) < 4.78 is 0. The fourth-order valence-electron chi connectivity index (χ4n) is 2.25. The minimum absolute atomic E-state index is 0.829. The lowest BCUT2D eigenvalue weighted by Crippen LogP contribution is -2.26. The SMILES string of the molecule is CC=CC1CCC([Si](C)(C)C)C1. The highest BCUT2D eigenvalue weighted by atomic mass is 28.3. The second kappa shape index (κ2) is 3.78. The minimum atomic E-state index is -0.829. The molecule has 0 radical (unpaired) electrons. The second-order valence-corrected chi connectivity index (χ2v) is 10.7. The largest absolute Gasteiger partial charge is 0.0914 e. The summed E-state index contributed by atoms with van der Waals surface area (Å²) in [5.74, 6) is 0.909. The van der Waals surface area contributed by atoms with E-state index in [4.69, 9.17) is 0 Å². The van der Waals surface area contributed by atoms with E-state index in [0.29, 0.717) is 0 Å². The molecule has 1 fully saturated rings. The molecule has 0 aromatic heterocycles. The summed E-state index contributed by atoms with van der Waals surface area (Å²) in [6.45, 7) is 9.67. The molecule has 2 atom stereocenters. The van der Waals surface area contributed by atoms with Crippen LogP contribution in [0.2, 0.25) is 25.2 Å². The first-order valence-corrected chi connectivity index (χ1v) is 8.74. The summed E-state index contributed by atoms with van der Waals surface area (Å²) in [6.07, 6.45) is 9.03. The predicted molar refractivity (Wildman–Crippen MR) is 59.3 cm³/mol. The molecule has 1 saturated carbocycles. The molecular formula is C11H22Si. The number of hydrogen-bond acceptors (Lipinski definition) is 0. The van der Waals surface area contributed by atoms with Gasteiger partial charge in [0.1, 0.15) is 0 Å². The second-order valence-electron chi connectivity index (χ2n) is 5.16. The van der Waals surface area contributed by atoms with Gasteiger partial charge in [0.2, 0.25) is 0 Å². The van der Waals surface area contributed by atoms with Crippen molar-refractivity contribution in [3.8, 4) is 0 Å². The van der Waals surface area contributed by atoms with Crippen LogP contribution >= 0.6 is 0 Å². The third-order valence-corrected chi connectivity index (χ3v) is 6.14. The quantitative estimate of drug-likeness (QED) is 0.446. The Morgan fingerprint density at radius 2 is 1.83 bits per heavy atom. The lowest BCUT2D eigenvalue weighted by atomic mass is 10.1. The molecule has 0 bridgehead atoms. The van der Waals surface area contributed by atoms with Crippen molar-refractivity contribution in [3.63, 3.8) is 0 Å². The van der Waals surface area contributed by atoms with Crippen LogP contribution < -0.4 is 0 Å². The molecule has 0 nitrogen and oxygen atoms in total. The van der Waals surface area contributed by atoms with Crippen LogP contribution in [0.15, 0.2) is 12.2 Å². The molecule has 70 valence electrons. The van der Waals surface area contributed by atoms with E-state index in [1.165, 1.54) is 19.3 Å². The zero-order valence-corrected chi connectivity index (χ0v) is 9.93. The Hall–Kier alpha value is -0.0431. The van der Waals surface area contributed by atoms with Crippen molar-refractivity contribution in [2.24, 2.45) is 5.92 Å². The molecule has 1 aliphatic rings. The third-order valence-electron chi connectivity index (χ3n) is 3.16. The molecule has 0 heterocycles. The van der Waals surface area contributed by atoms with E-state index in [9.17, 15) is 0 Å². The Balaban J connectivity index is 2.46. The van der Waals surface area contributed by atoms with Crippen LogP contribution in [0.1, 0.15) is 26.2 Å². The Morgan fingerprint density at radius 3 is 2.25 bits per heavy atom. The van der Waals surface area contributed by atoms with Crippen molar-refractivity contribution in [2.45, 2.75) is 51.4 Å². The van der Waals surface area contributed by atoms with E-state index in [1.807, 2.05) is 0 Å². The maximum absolute atomic E-state index is 2.51. The highest BCUT2D eigenvalue weighted by Gasteiger charge is 2.32. The monoisotopic (exact) mass is 182 g/mol. The van der Waals surface area contributed by atoms with E-state index < -0.39 is 8.07 Å². The van der Waals surface area contributed by atoms with Gasteiger partial charge in [-0.25, -0.2) is 0 Å². The lowest BCUT2D eigenvalue weighted by Gasteiger charge is -2.24. The van der Waals surface area contributed by atoms with E-state index >= 15 is 0 Å². The van der Waals surface area contributed by atoms with Crippen LogP contribution in [-0.2, 0) is 0 Å². The molecule has 0 saturated heterocycles. The molecule has 0 aromatic rings. The normalized spacial score (nSPS) is 31.7.